The number of nitrogens with one attached hydrogen (secondary N) is 1. The van der Waals surface area contributed by atoms with E-state index >= 15 is 0 Å². The van der Waals surface area contributed by atoms with Crippen LogP contribution in [0.25, 0.3) is 0 Å². The van der Waals surface area contributed by atoms with E-state index in [0.717, 1.165) is 17.8 Å². The van der Waals surface area contributed by atoms with Gasteiger partial charge in [0.25, 0.3) is 0 Å². The summed E-state index contributed by atoms with van der Waals surface area (Å²) in [7, 11) is 0. The van der Waals surface area contributed by atoms with E-state index in [1.807, 2.05) is 0 Å². The maximum Gasteiger partial charge on any atom is 0.0244 e. The Balaban J connectivity index is 1.50. The molecule has 0 aromatic heterocycles. The molecule has 0 radical (unpaired) electrons. The molecule has 106 valence electrons. The molecular weight excluding hydrogens is 220 g/mol. The Morgan fingerprint density at radius 2 is 1.61 bits per heavy atom. The third-order valence-corrected chi connectivity index (χ3v) is 5.27. The molecule has 2 heteroatoms. The maximum atomic E-state index is 5.75. The molecule has 2 nitrogen and oxygen atoms in total. The standard InChI is InChI=1S/C16H32N2/c1-2-3-4-5-6-7-8-12-15(18-17)16-13-10-9-11-14(13)16/h13-16,18H,2-12,17H2,1H3. The van der Waals surface area contributed by atoms with Gasteiger partial charge in [0.2, 0.25) is 0 Å². The molecule has 0 aromatic rings. The molecule has 2 fully saturated rings. The summed E-state index contributed by atoms with van der Waals surface area (Å²) in [6.07, 6.45) is 15.6. The van der Waals surface area contributed by atoms with Gasteiger partial charge in [-0.2, -0.15) is 0 Å². The van der Waals surface area contributed by atoms with Crippen LogP contribution >= 0.6 is 0 Å². The molecule has 0 spiro atoms. The molecule has 18 heavy (non-hydrogen) atoms. The lowest BCUT2D eigenvalue weighted by Crippen LogP contribution is -2.38. The van der Waals surface area contributed by atoms with Crippen molar-refractivity contribution in [2.45, 2.75) is 83.6 Å². The molecule has 2 aliphatic carbocycles. The van der Waals surface area contributed by atoms with Crippen molar-refractivity contribution in [3.63, 3.8) is 0 Å². The lowest BCUT2D eigenvalue weighted by atomic mass is 9.98. The van der Waals surface area contributed by atoms with Crippen molar-refractivity contribution in [1.29, 1.82) is 0 Å². The summed E-state index contributed by atoms with van der Waals surface area (Å²) >= 11 is 0. The number of rotatable bonds is 10. The highest BCUT2D eigenvalue weighted by Gasteiger charge is 2.55. The number of hydrazine groups is 1. The van der Waals surface area contributed by atoms with Gasteiger partial charge in [-0.05, 0) is 37.0 Å². The zero-order valence-electron chi connectivity index (χ0n) is 12.2. The second-order valence-electron chi connectivity index (χ2n) is 6.52. The van der Waals surface area contributed by atoms with Crippen LogP contribution in [0.4, 0.5) is 0 Å². The first-order chi connectivity index (χ1) is 8.88. The number of fused-ring (bicyclic) bond motifs is 1. The van der Waals surface area contributed by atoms with E-state index in [9.17, 15) is 0 Å². The van der Waals surface area contributed by atoms with Crippen LogP contribution in [-0.4, -0.2) is 6.04 Å². The molecular formula is C16H32N2. The second-order valence-corrected chi connectivity index (χ2v) is 6.52. The normalized spacial score (nSPS) is 31.3. The Morgan fingerprint density at radius 3 is 2.22 bits per heavy atom. The first-order valence-electron chi connectivity index (χ1n) is 8.34. The average molecular weight is 252 g/mol. The van der Waals surface area contributed by atoms with Gasteiger partial charge in [0.15, 0.2) is 0 Å². The van der Waals surface area contributed by atoms with Crippen LogP contribution in [-0.2, 0) is 0 Å². The summed E-state index contributed by atoms with van der Waals surface area (Å²) < 4.78 is 0. The summed E-state index contributed by atoms with van der Waals surface area (Å²) in [5.41, 5.74) is 3.10. The zero-order chi connectivity index (χ0) is 12.8. The predicted molar refractivity (Wildman–Crippen MR) is 78.0 cm³/mol. The first kappa shape index (κ1) is 14.3. The molecule has 0 bridgehead atoms. The zero-order valence-corrected chi connectivity index (χ0v) is 12.2. The molecule has 0 aromatic carbocycles. The van der Waals surface area contributed by atoms with Crippen molar-refractivity contribution in [1.82, 2.24) is 5.43 Å². The van der Waals surface area contributed by atoms with Crippen molar-refractivity contribution in [3.05, 3.63) is 0 Å². The number of nitrogens with two attached hydrogens (primary N) is 1. The van der Waals surface area contributed by atoms with Crippen LogP contribution in [0.15, 0.2) is 0 Å². The van der Waals surface area contributed by atoms with E-state index in [-0.39, 0.29) is 0 Å². The SMILES string of the molecule is CCCCCCCCCC(NN)C1C2CCCC21. The van der Waals surface area contributed by atoms with Crippen LogP contribution in [0.3, 0.4) is 0 Å². The van der Waals surface area contributed by atoms with Gasteiger partial charge in [0, 0.05) is 6.04 Å². The Kier molecular flexibility index (Phi) is 5.97. The highest BCUT2D eigenvalue weighted by Crippen LogP contribution is 2.59. The predicted octanol–water partition coefficient (Wildman–Crippen LogP) is 4.01. The van der Waals surface area contributed by atoms with Crippen molar-refractivity contribution in [2.24, 2.45) is 23.6 Å². The van der Waals surface area contributed by atoms with E-state index < -0.39 is 0 Å². The highest BCUT2D eigenvalue weighted by molar-refractivity contribution is 5.05. The molecule has 2 aliphatic rings. The van der Waals surface area contributed by atoms with Crippen molar-refractivity contribution >= 4 is 0 Å². The summed E-state index contributed by atoms with van der Waals surface area (Å²) in [5.74, 6) is 8.76. The van der Waals surface area contributed by atoms with Crippen LogP contribution in [0, 0.1) is 17.8 Å². The first-order valence-corrected chi connectivity index (χ1v) is 8.34. The average Bonchev–Trinajstić information content (AvgIpc) is 2.86. The van der Waals surface area contributed by atoms with Gasteiger partial charge < -0.3 is 0 Å². The van der Waals surface area contributed by atoms with Crippen molar-refractivity contribution in [2.75, 3.05) is 0 Å². The van der Waals surface area contributed by atoms with Gasteiger partial charge in [0.05, 0.1) is 0 Å². The molecule has 0 saturated heterocycles. The maximum absolute atomic E-state index is 5.75. The molecule has 0 amide bonds. The minimum absolute atomic E-state index is 0.621. The number of unbranched alkanes of at least 4 members (excludes halogenated alkanes) is 6. The largest absolute Gasteiger partial charge is 0.271 e. The van der Waals surface area contributed by atoms with Crippen LogP contribution in [0.2, 0.25) is 0 Å². The molecule has 3 N–H and O–H groups in total. The lowest BCUT2D eigenvalue weighted by Gasteiger charge is -2.17. The molecule has 2 rings (SSSR count). The van der Waals surface area contributed by atoms with Crippen molar-refractivity contribution in [3.8, 4) is 0 Å². The van der Waals surface area contributed by atoms with Crippen LogP contribution in [0.5, 0.6) is 0 Å². The van der Waals surface area contributed by atoms with E-state index in [1.165, 1.54) is 70.6 Å². The molecule has 3 atom stereocenters. The van der Waals surface area contributed by atoms with Crippen molar-refractivity contribution < 1.29 is 0 Å². The fourth-order valence-corrected chi connectivity index (χ4v) is 4.18. The quantitative estimate of drug-likeness (QED) is 0.350. The Hall–Kier alpha value is -0.0800. The molecule has 0 heterocycles. The highest BCUT2D eigenvalue weighted by atomic mass is 15.2. The summed E-state index contributed by atoms with van der Waals surface area (Å²) in [5, 5.41) is 0. The van der Waals surface area contributed by atoms with Crippen LogP contribution < -0.4 is 11.3 Å². The summed E-state index contributed by atoms with van der Waals surface area (Å²) in [6.45, 7) is 2.28. The smallest absolute Gasteiger partial charge is 0.0244 e. The van der Waals surface area contributed by atoms with Gasteiger partial charge in [0.1, 0.15) is 0 Å². The van der Waals surface area contributed by atoms with Crippen LogP contribution in [0.1, 0.15) is 77.6 Å². The third-order valence-electron chi connectivity index (χ3n) is 5.27. The molecule has 2 saturated carbocycles. The number of hydrogen-bond donors (Lipinski definition) is 2. The Bertz CT molecular complexity index is 219. The summed E-state index contributed by atoms with van der Waals surface area (Å²) in [6, 6.07) is 0.621. The van der Waals surface area contributed by atoms with Gasteiger partial charge in [-0.15, -0.1) is 0 Å². The monoisotopic (exact) mass is 252 g/mol. The topological polar surface area (TPSA) is 38.0 Å². The minimum atomic E-state index is 0.621. The van der Waals surface area contributed by atoms with Gasteiger partial charge >= 0.3 is 0 Å². The van der Waals surface area contributed by atoms with Gasteiger partial charge in [-0.1, -0.05) is 58.3 Å². The molecule has 0 aliphatic heterocycles. The van der Waals surface area contributed by atoms with Gasteiger partial charge in [-0.25, -0.2) is 0 Å². The van der Waals surface area contributed by atoms with E-state index in [0.29, 0.717) is 6.04 Å². The van der Waals surface area contributed by atoms with E-state index in [4.69, 9.17) is 5.84 Å². The Labute approximate surface area is 113 Å². The fraction of sp³-hybridized carbons (Fsp3) is 1.00. The minimum Gasteiger partial charge on any atom is -0.271 e. The number of hydrogen-bond acceptors (Lipinski definition) is 2. The lowest BCUT2D eigenvalue weighted by molar-refractivity contribution is 0.377. The second kappa shape index (κ2) is 7.49. The van der Waals surface area contributed by atoms with E-state index in [1.54, 1.807) is 0 Å². The Morgan fingerprint density at radius 1 is 1.00 bits per heavy atom. The molecule has 3 unspecified atom stereocenters. The van der Waals surface area contributed by atoms with E-state index in [2.05, 4.69) is 12.3 Å². The summed E-state index contributed by atoms with van der Waals surface area (Å²) in [4.78, 5) is 0. The van der Waals surface area contributed by atoms with Gasteiger partial charge in [-0.3, -0.25) is 11.3 Å². The fourth-order valence-electron chi connectivity index (χ4n) is 4.18. The third kappa shape index (κ3) is 3.71.